The molecule has 0 saturated heterocycles. The number of nitrogens with two attached hydrogens (primary N) is 1. The number of carbonyl (C=O) groups excluding carboxylic acids is 1. The maximum Gasteiger partial charge on any atom is 0.257 e. The molecule has 0 bridgehead atoms. The van der Waals surface area contributed by atoms with Crippen LogP contribution in [0.15, 0.2) is 24.5 Å². The lowest BCUT2D eigenvalue weighted by Crippen LogP contribution is -2.28. The number of amides is 1. The minimum Gasteiger partial charge on any atom is -0.493 e. The molecule has 1 aromatic carbocycles. The van der Waals surface area contributed by atoms with E-state index in [1.807, 2.05) is 6.92 Å². The minimum atomic E-state index is -0.310. The van der Waals surface area contributed by atoms with E-state index in [0.717, 1.165) is 0 Å². The van der Waals surface area contributed by atoms with Gasteiger partial charge in [0.2, 0.25) is 0 Å². The lowest BCUT2D eigenvalue weighted by atomic mass is 10.1. The first-order valence-corrected chi connectivity index (χ1v) is 6.31. The number of nitrogens with zero attached hydrogens (tertiary/aromatic N) is 2. The first-order valence-electron chi connectivity index (χ1n) is 6.31. The van der Waals surface area contributed by atoms with Crippen LogP contribution in [0.25, 0.3) is 0 Å². The number of hydrogen-bond donors (Lipinski definition) is 3. The molecular formula is C13H17N5O2. The Morgan fingerprint density at radius 2 is 2.35 bits per heavy atom. The van der Waals surface area contributed by atoms with Gasteiger partial charge in [-0.3, -0.25) is 9.89 Å². The molecule has 1 heterocycles. The van der Waals surface area contributed by atoms with Gasteiger partial charge in [-0.1, -0.05) is 6.07 Å². The zero-order chi connectivity index (χ0) is 14.5. The van der Waals surface area contributed by atoms with Gasteiger partial charge >= 0.3 is 0 Å². The van der Waals surface area contributed by atoms with E-state index in [2.05, 4.69) is 20.5 Å². The Morgan fingerprint density at radius 3 is 3.00 bits per heavy atom. The molecule has 106 valence electrons. The molecule has 1 unspecified atom stereocenters. The maximum absolute atomic E-state index is 12.3. The fourth-order valence-corrected chi connectivity index (χ4v) is 1.83. The van der Waals surface area contributed by atoms with Crippen LogP contribution in [0.2, 0.25) is 0 Å². The summed E-state index contributed by atoms with van der Waals surface area (Å²) in [5.74, 6) is 0.732. The monoisotopic (exact) mass is 275 g/mol. The molecule has 7 nitrogen and oxygen atoms in total. The van der Waals surface area contributed by atoms with Crippen LogP contribution in [0.1, 0.15) is 36.1 Å². The summed E-state index contributed by atoms with van der Waals surface area (Å²) in [7, 11) is 0. The SMILES string of the molecule is CCOc1cccc(N)c1C(=O)NC(C)c1ncn[nH]1. The van der Waals surface area contributed by atoms with Crippen molar-refractivity contribution < 1.29 is 9.53 Å². The van der Waals surface area contributed by atoms with Gasteiger partial charge < -0.3 is 15.8 Å². The van der Waals surface area contributed by atoms with Crippen molar-refractivity contribution in [2.45, 2.75) is 19.9 Å². The second-order valence-corrected chi connectivity index (χ2v) is 4.22. The van der Waals surface area contributed by atoms with Crippen molar-refractivity contribution in [2.24, 2.45) is 0 Å². The minimum absolute atomic E-state index is 0.306. The van der Waals surface area contributed by atoms with E-state index in [0.29, 0.717) is 29.4 Å². The van der Waals surface area contributed by atoms with Gasteiger partial charge in [-0.25, -0.2) is 4.98 Å². The van der Waals surface area contributed by atoms with Crippen LogP contribution < -0.4 is 15.8 Å². The number of H-pyrrole nitrogens is 1. The van der Waals surface area contributed by atoms with Crippen LogP contribution in [0.5, 0.6) is 5.75 Å². The van der Waals surface area contributed by atoms with Gasteiger partial charge in [0.05, 0.1) is 12.6 Å². The third-order valence-corrected chi connectivity index (χ3v) is 2.78. The molecule has 0 radical (unpaired) electrons. The zero-order valence-corrected chi connectivity index (χ0v) is 11.4. The molecule has 0 aliphatic rings. The average molecular weight is 275 g/mol. The topological polar surface area (TPSA) is 106 Å². The van der Waals surface area contributed by atoms with Gasteiger partial charge in [0.1, 0.15) is 23.5 Å². The zero-order valence-electron chi connectivity index (χ0n) is 11.4. The number of hydrogen-bond acceptors (Lipinski definition) is 5. The predicted molar refractivity (Wildman–Crippen MR) is 74.3 cm³/mol. The van der Waals surface area contributed by atoms with Crippen molar-refractivity contribution in [3.63, 3.8) is 0 Å². The Morgan fingerprint density at radius 1 is 1.55 bits per heavy atom. The molecule has 20 heavy (non-hydrogen) atoms. The van der Waals surface area contributed by atoms with Crippen LogP contribution in [0, 0.1) is 0 Å². The normalized spacial score (nSPS) is 11.9. The van der Waals surface area contributed by atoms with Crippen molar-refractivity contribution >= 4 is 11.6 Å². The summed E-state index contributed by atoms with van der Waals surface area (Å²) in [6.45, 7) is 4.11. The van der Waals surface area contributed by atoms with E-state index in [4.69, 9.17) is 10.5 Å². The highest BCUT2D eigenvalue weighted by atomic mass is 16.5. The van der Waals surface area contributed by atoms with Crippen LogP contribution in [-0.2, 0) is 0 Å². The predicted octanol–water partition coefficient (Wildman–Crippen LogP) is 1.28. The Kier molecular flexibility index (Phi) is 4.19. The lowest BCUT2D eigenvalue weighted by Gasteiger charge is -2.15. The highest BCUT2D eigenvalue weighted by Gasteiger charge is 2.19. The molecule has 1 atom stereocenters. The smallest absolute Gasteiger partial charge is 0.257 e. The summed E-state index contributed by atoms with van der Waals surface area (Å²) < 4.78 is 5.43. The van der Waals surface area contributed by atoms with E-state index in [1.165, 1.54) is 6.33 Å². The van der Waals surface area contributed by atoms with Gasteiger partial charge in [-0.2, -0.15) is 5.10 Å². The van der Waals surface area contributed by atoms with Gasteiger partial charge in [-0.15, -0.1) is 0 Å². The number of aromatic nitrogens is 3. The van der Waals surface area contributed by atoms with Crippen molar-refractivity contribution in [1.82, 2.24) is 20.5 Å². The number of ether oxygens (including phenoxy) is 1. The first kappa shape index (κ1) is 13.9. The molecule has 0 saturated carbocycles. The number of nitrogens with one attached hydrogen (secondary N) is 2. The number of anilines is 1. The van der Waals surface area contributed by atoms with E-state index in [9.17, 15) is 4.79 Å². The van der Waals surface area contributed by atoms with Gasteiger partial charge in [0.15, 0.2) is 0 Å². The van der Waals surface area contributed by atoms with Gasteiger partial charge in [-0.05, 0) is 26.0 Å². The molecule has 4 N–H and O–H groups in total. The largest absolute Gasteiger partial charge is 0.493 e. The third kappa shape index (κ3) is 2.87. The van der Waals surface area contributed by atoms with E-state index >= 15 is 0 Å². The molecule has 7 heteroatoms. The summed E-state index contributed by atoms with van der Waals surface area (Å²) >= 11 is 0. The number of benzene rings is 1. The molecule has 1 amide bonds. The molecule has 2 rings (SSSR count). The molecule has 0 aliphatic heterocycles. The summed E-state index contributed by atoms with van der Waals surface area (Å²) in [5, 5.41) is 9.27. The molecule has 0 spiro atoms. The molecule has 1 aromatic heterocycles. The Balaban J connectivity index is 2.20. The average Bonchev–Trinajstić information content (AvgIpc) is 2.93. The van der Waals surface area contributed by atoms with Crippen molar-refractivity contribution in [3.05, 3.63) is 35.9 Å². The lowest BCUT2D eigenvalue weighted by molar-refractivity contribution is 0.0935. The van der Waals surface area contributed by atoms with Gasteiger partial charge in [0, 0.05) is 5.69 Å². The van der Waals surface area contributed by atoms with Crippen molar-refractivity contribution in [1.29, 1.82) is 0 Å². The maximum atomic E-state index is 12.3. The van der Waals surface area contributed by atoms with Crippen molar-refractivity contribution in [2.75, 3.05) is 12.3 Å². The highest BCUT2D eigenvalue weighted by molar-refractivity contribution is 6.02. The Hall–Kier alpha value is -2.57. The summed E-state index contributed by atoms with van der Waals surface area (Å²) in [6, 6.07) is 4.82. The van der Waals surface area contributed by atoms with Crippen LogP contribution in [0.4, 0.5) is 5.69 Å². The first-order chi connectivity index (χ1) is 9.63. The number of carbonyl (C=O) groups is 1. The molecule has 0 aliphatic carbocycles. The standard InChI is InChI=1S/C13H17N5O2/c1-3-20-10-6-4-5-9(14)11(10)13(19)17-8(2)12-15-7-16-18-12/h4-8H,3,14H2,1-2H3,(H,17,19)(H,15,16,18). The van der Waals surface area contributed by atoms with Gasteiger partial charge in [0.25, 0.3) is 5.91 Å². The summed E-state index contributed by atoms with van der Waals surface area (Å²) in [5.41, 5.74) is 6.58. The van der Waals surface area contributed by atoms with E-state index in [1.54, 1.807) is 25.1 Å². The van der Waals surface area contributed by atoms with Crippen molar-refractivity contribution in [3.8, 4) is 5.75 Å². The van der Waals surface area contributed by atoms with E-state index < -0.39 is 0 Å². The third-order valence-electron chi connectivity index (χ3n) is 2.78. The highest BCUT2D eigenvalue weighted by Crippen LogP contribution is 2.25. The Labute approximate surface area is 116 Å². The summed E-state index contributed by atoms with van der Waals surface area (Å²) in [6.07, 6.45) is 1.39. The second-order valence-electron chi connectivity index (χ2n) is 4.22. The number of rotatable bonds is 5. The second kappa shape index (κ2) is 6.05. The molecule has 2 aromatic rings. The molecular weight excluding hydrogens is 258 g/mol. The Bertz CT molecular complexity index is 582. The van der Waals surface area contributed by atoms with Crippen LogP contribution in [-0.4, -0.2) is 27.7 Å². The summed E-state index contributed by atoms with van der Waals surface area (Å²) in [4.78, 5) is 16.3. The number of nitrogen functional groups attached to an aromatic ring is 1. The van der Waals surface area contributed by atoms with E-state index in [-0.39, 0.29) is 11.9 Å². The van der Waals surface area contributed by atoms with Crippen LogP contribution in [0.3, 0.4) is 0 Å². The fourth-order valence-electron chi connectivity index (χ4n) is 1.83. The quantitative estimate of drug-likeness (QED) is 0.713. The number of aromatic amines is 1. The molecule has 0 fully saturated rings. The van der Waals surface area contributed by atoms with Crippen LogP contribution >= 0.6 is 0 Å². The fraction of sp³-hybridized carbons (Fsp3) is 0.308.